The summed E-state index contributed by atoms with van der Waals surface area (Å²) in [5, 5.41) is 8.86. The van der Waals surface area contributed by atoms with Gasteiger partial charge in [-0.1, -0.05) is 18.6 Å². The molecule has 0 heterocycles. The Bertz CT molecular complexity index is 171. The zero-order valence-corrected chi connectivity index (χ0v) is 8.72. The summed E-state index contributed by atoms with van der Waals surface area (Å²) in [7, 11) is 0. The number of hydrogen-bond donors (Lipinski definition) is 2. The lowest BCUT2D eigenvalue weighted by Crippen LogP contribution is -2.43. The van der Waals surface area contributed by atoms with Crippen LogP contribution in [0.1, 0.15) is 25.7 Å². The van der Waals surface area contributed by atoms with Gasteiger partial charge in [0.1, 0.15) is 0 Å². The molecule has 1 fully saturated rings. The van der Waals surface area contributed by atoms with Crippen molar-refractivity contribution in [3.05, 3.63) is 0 Å². The van der Waals surface area contributed by atoms with E-state index in [0.717, 1.165) is 19.5 Å². The Morgan fingerprint density at radius 1 is 1.46 bits per heavy atom. The molecule has 0 amide bonds. The van der Waals surface area contributed by atoms with Gasteiger partial charge in [0, 0.05) is 25.6 Å². The number of aliphatic hydroxyl groups excluding tert-OH is 1. The number of rotatable bonds is 6. The Morgan fingerprint density at radius 3 is 2.54 bits per heavy atom. The third kappa shape index (κ3) is 3.58. The lowest BCUT2D eigenvalue weighted by molar-refractivity contribution is 0.104. The minimum atomic E-state index is 0.230. The Balaban J connectivity index is 2.24. The molecule has 1 saturated carbocycles. The van der Waals surface area contributed by atoms with Gasteiger partial charge in [-0.25, -0.2) is 0 Å². The molecule has 0 saturated heterocycles. The molecule has 1 rings (SSSR count). The number of aliphatic hydroxyl groups is 1. The maximum absolute atomic E-state index is 8.86. The van der Waals surface area contributed by atoms with E-state index in [2.05, 4.69) is 4.90 Å². The fraction of sp³-hybridized carbons (Fsp3) is 0.889. The van der Waals surface area contributed by atoms with Crippen molar-refractivity contribution in [2.75, 3.05) is 19.7 Å². The van der Waals surface area contributed by atoms with Crippen LogP contribution in [0.5, 0.6) is 0 Å². The highest BCUT2D eigenvalue weighted by Gasteiger charge is 2.23. The molecule has 76 valence electrons. The highest BCUT2D eigenvalue weighted by atomic mass is 32.1. The maximum atomic E-state index is 8.86. The molecule has 0 aromatic rings. The van der Waals surface area contributed by atoms with E-state index in [-0.39, 0.29) is 6.61 Å². The quantitative estimate of drug-likeness (QED) is 0.616. The SMILES string of the molecule is NC(=S)CCN(CCO)C1CCC1. The van der Waals surface area contributed by atoms with E-state index in [0.29, 0.717) is 11.0 Å². The highest BCUT2D eigenvalue weighted by molar-refractivity contribution is 7.80. The topological polar surface area (TPSA) is 49.5 Å². The molecule has 13 heavy (non-hydrogen) atoms. The van der Waals surface area contributed by atoms with Crippen LogP contribution in [0.3, 0.4) is 0 Å². The molecule has 0 atom stereocenters. The molecule has 1 aliphatic rings. The van der Waals surface area contributed by atoms with Gasteiger partial charge in [0.15, 0.2) is 0 Å². The van der Waals surface area contributed by atoms with Crippen molar-refractivity contribution in [2.45, 2.75) is 31.7 Å². The summed E-state index contributed by atoms with van der Waals surface area (Å²) in [4.78, 5) is 2.87. The van der Waals surface area contributed by atoms with Crippen LogP contribution >= 0.6 is 12.2 Å². The maximum Gasteiger partial charge on any atom is 0.0740 e. The third-order valence-electron chi connectivity index (χ3n) is 2.62. The number of nitrogens with two attached hydrogens (primary N) is 1. The van der Waals surface area contributed by atoms with Crippen molar-refractivity contribution in [1.29, 1.82) is 0 Å². The second-order valence-corrected chi connectivity index (χ2v) is 4.08. The molecule has 3 nitrogen and oxygen atoms in total. The van der Waals surface area contributed by atoms with Crippen molar-refractivity contribution in [2.24, 2.45) is 5.73 Å². The first kappa shape index (κ1) is 10.9. The summed E-state index contributed by atoms with van der Waals surface area (Å²) >= 11 is 4.83. The first-order chi connectivity index (χ1) is 6.24. The molecule has 3 N–H and O–H groups in total. The number of nitrogens with zero attached hydrogens (tertiary/aromatic N) is 1. The summed E-state index contributed by atoms with van der Waals surface area (Å²) in [6, 6.07) is 0.668. The summed E-state index contributed by atoms with van der Waals surface area (Å²) in [6.07, 6.45) is 4.61. The summed E-state index contributed by atoms with van der Waals surface area (Å²) in [6.45, 7) is 1.89. The van der Waals surface area contributed by atoms with Crippen LogP contribution in [-0.4, -0.2) is 40.7 Å². The van der Waals surface area contributed by atoms with Gasteiger partial charge in [0.25, 0.3) is 0 Å². The van der Waals surface area contributed by atoms with Crippen LogP contribution in [0.25, 0.3) is 0 Å². The van der Waals surface area contributed by atoms with Crippen molar-refractivity contribution in [3.63, 3.8) is 0 Å². The molecule has 0 aromatic heterocycles. The summed E-state index contributed by atoms with van der Waals surface area (Å²) in [5.41, 5.74) is 5.44. The Labute approximate surface area is 84.9 Å². The van der Waals surface area contributed by atoms with Crippen LogP contribution in [0.2, 0.25) is 0 Å². The molecule has 0 spiro atoms. The van der Waals surface area contributed by atoms with E-state index < -0.39 is 0 Å². The predicted molar refractivity (Wildman–Crippen MR) is 57.7 cm³/mol. The predicted octanol–water partition coefficient (Wildman–Crippen LogP) is 0.509. The molecule has 0 radical (unpaired) electrons. The van der Waals surface area contributed by atoms with Gasteiger partial charge in [-0.3, -0.25) is 4.90 Å². The second kappa shape index (κ2) is 5.52. The van der Waals surface area contributed by atoms with E-state index in [1.165, 1.54) is 19.3 Å². The van der Waals surface area contributed by atoms with Gasteiger partial charge >= 0.3 is 0 Å². The molecule has 0 unspecified atom stereocenters. The standard InChI is InChI=1S/C9H18N2OS/c10-9(13)4-5-11(6-7-12)8-2-1-3-8/h8,12H,1-7H2,(H2,10,13). The fourth-order valence-electron chi connectivity index (χ4n) is 1.61. The first-order valence-electron chi connectivity index (χ1n) is 4.87. The van der Waals surface area contributed by atoms with Crippen molar-refractivity contribution < 1.29 is 5.11 Å². The summed E-state index contributed by atoms with van der Waals surface area (Å²) in [5.74, 6) is 0. The van der Waals surface area contributed by atoms with Gasteiger partial charge in [-0.2, -0.15) is 0 Å². The van der Waals surface area contributed by atoms with Gasteiger partial charge in [0.05, 0.1) is 11.6 Å². The lowest BCUT2D eigenvalue weighted by atomic mass is 9.91. The molecule has 0 aliphatic heterocycles. The van der Waals surface area contributed by atoms with E-state index in [9.17, 15) is 0 Å². The molecule has 1 aliphatic carbocycles. The zero-order chi connectivity index (χ0) is 9.68. The van der Waals surface area contributed by atoms with Gasteiger partial charge in [0.2, 0.25) is 0 Å². The average Bonchev–Trinajstić information content (AvgIpc) is 1.97. The van der Waals surface area contributed by atoms with Crippen LogP contribution in [-0.2, 0) is 0 Å². The average molecular weight is 202 g/mol. The zero-order valence-electron chi connectivity index (χ0n) is 7.91. The molecule has 4 heteroatoms. The molecular weight excluding hydrogens is 184 g/mol. The normalized spacial score (nSPS) is 17.4. The Morgan fingerprint density at radius 2 is 2.15 bits per heavy atom. The van der Waals surface area contributed by atoms with Crippen LogP contribution in [0.15, 0.2) is 0 Å². The largest absolute Gasteiger partial charge is 0.395 e. The van der Waals surface area contributed by atoms with Gasteiger partial charge < -0.3 is 10.8 Å². The highest BCUT2D eigenvalue weighted by Crippen LogP contribution is 2.24. The van der Waals surface area contributed by atoms with Crippen LogP contribution in [0, 0.1) is 0 Å². The fourth-order valence-corrected chi connectivity index (χ4v) is 1.70. The molecule has 0 bridgehead atoms. The monoisotopic (exact) mass is 202 g/mol. The smallest absolute Gasteiger partial charge is 0.0740 e. The second-order valence-electron chi connectivity index (χ2n) is 3.56. The number of hydrogen-bond acceptors (Lipinski definition) is 3. The van der Waals surface area contributed by atoms with Crippen LogP contribution in [0.4, 0.5) is 0 Å². The molecular formula is C9H18N2OS. The minimum Gasteiger partial charge on any atom is -0.395 e. The van der Waals surface area contributed by atoms with Crippen LogP contribution < -0.4 is 5.73 Å². The Hall–Kier alpha value is -0.190. The van der Waals surface area contributed by atoms with Crippen molar-refractivity contribution >= 4 is 17.2 Å². The van der Waals surface area contributed by atoms with E-state index >= 15 is 0 Å². The van der Waals surface area contributed by atoms with Crippen molar-refractivity contribution in [1.82, 2.24) is 4.90 Å². The Kier molecular flexibility index (Phi) is 4.62. The third-order valence-corrected chi connectivity index (χ3v) is 2.83. The van der Waals surface area contributed by atoms with Gasteiger partial charge in [-0.05, 0) is 12.8 Å². The summed E-state index contributed by atoms with van der Waals surface area (Å²) < 4.78 is 0. The van der Waals surface area contributed by atoms with Crippen molar-refractivity contribution in [3.8, 4) is 0 Å². The van der Waals surface area contributed by atoms with E-state index in [1.54, 1.807) is 0 Å². The van der Waals surface area contributed by atoms with E-state index in [1.807, 2.05) is 0 Å². The first-order valence-corrected chi connectivity index (χ1v) is 5.28. The molecule has 0 aromatic carbocycles. The van der Waals surface area contributed by atoms with E-state index in [4.69, 9.17) is 23.1 Å². The lowest BCUT2D eigenvalue weighted by Gasteiger charge is -2.37. The minimum absolute atomic E-state index is 0.230. The van der Waals surface area contributed by atoms with Gasteiger partial charge in [-0.15, -0.1) is 0 Å². The number of thiocarbonyl (C=S) groups is 1.